The Hall–Kier alpha value is -1.07. The first-order valence-corrected chi connectivity index (χ1v) is 8.85. The first-order chi connectivity index (χ1) is 10.6. The molecule has 0 spiro atoms. The lowest BCUT2D eigenvalue weighted by atomic mass is 10.1. The molecular formula is C18H29BrN2O2. The third-order valence-corrected chi connectivity index (χ3v) is 4.20. The lowest BCUT2D eigenvalue weighted by Gasteiger charge is -2.30. The number of hydrogen-bond donors (Lipinski definition) is 1. The Balaban J connectivity index is 2.47. The highest BCUT2D eigenvalue weighted by Crippen LogP contribution is 2.17. The van der Waals surface area contributed by atoms with Gasteiger partial charge >= 0.3 is 6.09 Å². The van der Waals surface area contributed by atoms with E-state index in [1.54, 1.807) is 4.90 Å². The fourth-order valence-corrected chi connectivity index (χ4v) is 2.49. The van der Waals surface area contributed by atoms with Crippen LogP contribution in [-0.2, 0) is 11.3 Å². The van der Waals surface area contributed by atoms with E-state index in [2.05, 4.69) is 46.4 Å². The Kier molecular flexibility index (Phi) is 7.55. The lowest BCUT2D eigenvalue weighted by molar-refractivity contribution is 0.0193. The number of halogens is 1. The topological polar surface area (TPSA) is 41.6 Å². The third-order valence-electron chi connectivity index (χ3n) is 3.35. The molecule has 130 valence electrons. The maximum absolute atomic E-state index is 12.2. The van der Waals surface area contributed by atoms with Crippen LogP contribution in [0.3, 0.4) is 0 Å². The van der Waals surface area contributed by atoms with Crippen LogP contribution in [0.25, 0.3) is 0 Å². The molecule has 0 saturated carbocycles. The summed E-state index contributed by atoms with van der Waals surface area (Å²) in [6.07, 6.45) is -0.257. The molecule has 0 aliphatic heterocycles. The standard InChI is InChI=1S/C18H29BrN2O2/c1-13(2)21(17(22)23-18(4,5)6)10-9-20-12-15-8-7-14(3)16(19)11-15/h7-8,11,13,20H,9-10,12H2,1-6H3. The van der Waals surface area contributed by atoms with Crippen LogP contribution in [0.1, 0.15) is 45.7 Å². The van der Waals surface area contributed by atoms with Crippen molar-refractivity contribution in [1.82, 2.24) is 10.2 Å². The number of hydrogen-bond acceptors (Lipinski definition) is 3. The van der Waals surface area contributed by atoms with Crippen LogP contribution in [0.4, 0.5) is 4.79 Å². The van der Waals surface area contributed by atoms with Gasteiger partial charge < -0.3 is 15.0 Å². The highest BCUT2D eigenvalue weighted by molar-refractivity contribution is 9.10. The summed E-state index contributed by atoms with van der Waals surface area (Å²) < 4.78 is 6.58. The second kappa shape index (κ2) is 8.69. The van der Waals surface area contributed by atoms with E-state index in [0.29, 0.717) is 6.54 Å². The quantitative estimate of drug-likeness (QED) is 0.734. The molecule has 0 unspecified atom stereocenters. The number of carbonyl (C=O) groups excluding carboxylic acids is 1. The summed E-state index contributed by atoms with van der Waals surface area (Å²) in [4.78, 5) is 14.0. The van der Waals surface area contributed by atoms with Crippen molar-refractivity contribution in [3.8, 4) is 0 Å². The summed E-state index contributed by atoms with van der Waals surface area (Å²) in [6, 6.07) is 6.44. The highest BCUT2D eigenvalue weighted by Gasteiger charge is 2.23. The van der Waals surface area contributed by atoms with Crippen molar-refractivity contribution in [1.29, 1.82) is 0 Å². The zero-order valence-electron chi connectivity index (χ0n) is 15.1. The van der Waals surface area contributed by atoms with E-state index in [4.69, 9.17) is 4.74 Å². The molecule has 1 aromatic rings. The molecule has 1 aromatic carbocycles. The van der Waals surface area contributed by atoms with E-state index in [-0.39, 0.29) is 12.1 Å². The van der Waals surface area contributed by atoms with Gasteiger partial charge in [-0.2, -0.15) is 0 Å². The number of rotatable bonds is 6. The monoisotopic (exact) mass is 384 g/mol. The number of amides is 1. The molecule has 0 radical (unpaired) electrons. The van der Waals surface area contributed by atoms with Crippen molar-refractivity contribution < 1.29 is 9.53 Å². The molecule has 0 aromatic heterocycles. The lowest BCUT2D eigenvalue weighted by Crippen LogP contribution is -2.44. The van der Waals surface area contributed by atoms with Crippen LogP contribution in [0, 0.1) is 6.92 Å². The summed E-state index contributed by atoms with van der Waals surface area (Å²) in [5.41, 5.74) is 1.98. The van der Waals surface area contributed by atoms with Crippen LogP contribution in [0.2, 0.25) is 0 Å². The molecular weight excluding hydrogens is 356 g/mol. The molecule has 1 rings (SSSR count). The second-order valence-corrected chi connectivity index (χ2v) is 7.88. The molecule has 23 heavy (non-hydrogen) atoms. The summed E-state index contributed by atoms with van der Waals surface area (Å²) in [6.45, 7) is 13.9. The van der Waals surface area contributed by atoms with Crippen LogP contribution in [-0.4, -0.2) is 35.7 Å². The van der Waals surface area contributed by atoms with Gasteiger partial charge in [-0.25, -0.2) is 4.79 Å². The average Bonchev–Trinajstić information content (AvgIpc) is 2.40. The van der Waals surface area contributed by atoms with Gasteiger partial charge in [0.1, 0.15) is 5.60 Å². The number of benzene rings is 1. The van der Waals surface area contributed by atoms with E-state index in [0.717, 1.165) is 17.6 Å². The zero-order chi connectivity index (χ0) is 17.6. The molecule has 0 saturated heterocycles. The minimum absolute atomic E-state index is 0.111. The van der Waals surface area contributed by atoms with Crippen molar-refractivity contribution in [3.05, 3.63) is 33.8 Å². The molecule has 0 bridgehead atoms. The van der Waals surface area contributed by atoms with Crippen LogP contribution in [0.15, 0.2) is 22.7 Å². The highest BCUT2D eigenvalue weighted by atomic mass is 79.9. The van der Waals surface area contributed by atoms with Crippen LogP contribution < -0.4 is 5.32 Å². The van der Waals surface area contributed by atoms with Gasteiger partial charge in [0.15, 0.2) is 0 Å². The minimum Gasteiger partial charge on any atom is -0.444 e. The number of aryl methyl sites for hydroxylation is 1. The van der Waals surface area contributed by atoms with Gasteiger partial charge in [0.25, 0.3) is 0 Å². The van der Waals surface area contributed by atoms with Gasteiger partial charge in [0.05, 0.1) is 0 Å². The maximum atomic E-state index is 12.2. The summed E-state index contributed by atoms with van der Waals surface area (Å²) >= 11 is 3.55. The predicted octanol–water partition coefficient (Wildman–Crippen LogP) is 4.49. The average molecular weight is 385 g/mol. The molecule has 5 heteroatoms. The number of nitrogens with one attached hydrogen (secondary N) is 1. The SMILES string of the molecule is Cc1ccc(CNCCN(C(=O)OC(C)(C)C)C(C)C)cc1Br. The fraction of sp³-hybridized carbons (Fsp3) is 0.611. The minimum atomic E-state index is -0.466. The normalized spacial score (nSPS) is 11.7. The number of nitrogens with zero attached hydrogens (tertiary/aromatic N) is 1. The molecule has 0 atom stereocenters. The van der Waals surface area contributed by atoms with Crippen molar-refractivity contribution in [2.24, 2.45) is 0 Å². The smallest absolute Gasteiger partial charge is 0.410 e. The van der Waals surface area contributed by atoms with Crippen LogP contribution >= 0.6 is 15.9 Å². The number of carbonyl (C=O) groups is 1. The van der Waals surface area contributed by atoms with Gasteiger partial charge in [0.2, 0.25) is 0 Å². The van der Waals surface area contributed by atoms with E-state index in [9.17, 15) is 4.79 Å². The Morgan fingerprint density at radius 3 is 2.52 bits per heavy atom. The van der Waals surface area contributed by atoms with Gasteiger partial charge in [-0.3, -0.25) is 0 Å². The zero-order valence-corrected chi connectivity index (χ0v) is 16.7. The Morgan fingerprint density at radius 1 is 1.35 bits per heavy atom. The van der Waals surface area contributed by atoms with Crippen molar-refractivity contribution in [2.45, 2.75) is 59.7 Å². The Bertz CT molecular complexity index is 524. The van der Waals surface area contributed by atoms with Gasteiger partial charge in [-0.05, 0) is 58.7 Å². The largest absolute Gasteiger partial charge is 0.444 e. The van der Waals surface area contributed by atoms with Crippen molar-refractivity contribution in [3.63, 3.8) is 0 Å². The first-order valence-electron chi connectivity index (χ1n) is 8.05. The molecule has 4 nitrogen and oxygen atoms in total. The Morgan fingerprint density at radius 2 is 2.00 bits per heavy atom. The van der Waals surface area contributed by atoms with Gasteiger partial charge in [-0.15, -0.1) is 0 Å². The third kappa shape index (κ3) is 7.36. The second-order valence-electron chi connectivity index (χ2n) is 7.03. The van der Waals surface area contributed by atoms with Crippen molar-refractivity contribution >= 4 is 22.0 Å². The molecule has 0 fully saturated rings. The van der Waals surface area contributed by atoms with E-state index in [1.807, 2.05) is 34.6 Å². The van der Waals surface area contributed by atoms with Crippen molar-refractivity contribution in [2.75, 3.05) is 13.1 Å². The molecule has 1 N–H and O–H groups in total. The molecule has 0 aliphatic carbocycles. The summed E-state index contributed by atoms with van der Waals surface area (Å²) in [5, 5.41) is 3.38. The van der Waals surface area contributed by atoms with E-state index in [1.165, 1.54) is 11.1 Å². The van der Waals surface area contributed by atoms with Gasteiger partial charge in [0, 0.05) is 30.1 Å². The summed E-state index contributed by atoms with van der Waals surface area (Å²) in [7, 11) is 0. The maximum Gasteiger partial charge on any atom is 0.410 e. The molecule has 0 aliphatic rings. The van der Waals surface area contributed by atoms with Gasteiger partial charge in [-0.1, -0.05) is 28.1 Å². The van der Waals surface area contributed by atoms with Crippen LogP contribution in [0.5, 0.6) is 0 Å². The fourth-order valence-electron chi connectivity index (χ4n) is 2.06. The molecule has 0 heterocycles. The first kappa shape index (κ1) is 20.0. The van der Waals surface area contributed by atoms with E-state index >= 15 is 0 Å². The Labute approximate surface area is 148 Å². The molecule has 1 amide bonds. The summed E-state index contributed by atoms with van der Waals surface area (Å²) in [5.74, 6) is 0. The predicted molar refractivity (Wildman–Crippen MR) is 98.7 cm³/mol. The van der Waals surface area contributed by atoms with E-state index < -0.39 is 5.60 Å². The number of ether oxygens (including phenoxy) is 1.